The maximum Gasteiger partial charge on any atom is 0.230 e. The average Bonchev–Trinajstić information content (AvgIpc) is 2.45. The summed E-state index contributed by atoms with van der Waals surface area (Å²) in [5.74, 6) is 3.22. The molecule has 0 aliphatic heterocycles. The highest BCUT2D eigenvalue weighted by Gasteiger charge is 2.20. The number of anilines is 3. The maximum atomic E-state index is 5.80. The van der Waals surface area contributed by atoms with Crippen molar-refractivity contribution < 1.29 is 0 Å². The van der Waals surface area contributed by atoms with E-state index in [0.717, 1.165) is 23.3 Å². The van der Waals surface area contributed by atoms with Crippen LogP contribution in [-0.2, 0) is 5.41 Å². The summed E-state index contributed by atoms with van der Waals surface area (Å²) >= 11 is 0. The summed E-state index contributed by atoms with van der Waals surface area (Å²) < 4.78 is 0. The van der Waals surface area contributed by atoms with E-state index in [9.17, 15) is 0 Å². The third-order valence-electron chi connectivity index (χ3n) is 2.98. The minimum Gasteiger partial charge on any atom is -0.399 e. The van der Waals surface area contributed by atoms with E-state index < -0.39 is 0 Å². The highest BCUT2D eigenvalue weighted by Crippen LogP contribution is 2.23. The van der Waals surface area contributed by atoms with E-state index in [1.54, 1.807) is 0 Å². The molecular formula is C20H33N5. The fourth-order valence-corrected chi connectivity index (χ4v) is 1.79. The van der Waals surface area contributed by atoms with Crippen molar-refractivity contribution in [3.63, 3.8) is 0 Å². The molecule has 3 N–H and O–H groups in total. The fourth-order valence-electron chi connectivity index (χ4n) is 1.79. The Hall–Kier alpha value is -2.17. The van der Waals surface area contributed by atoms with Gasteiger partial charge < -0.3 is 11.1 Å². The lowest BCUT2D eigenvalue weighted by Gasteiger charge is -2.19. The Morgan fingerprint density at radius 1 is 0.960 bits per heavy atom. The summed E-state index contributed by atoms with van der Waals surface area (Å²) in [7, 11) is 0. The number of nitrogen functional groups attached to an aromatic ring is 1. The van der Waals surface area contributed by atoms with E-state index in [1.165, 1.54) is 0 Å². The first-order chi connectivity index (χ1) is 11.5. The number of benzene rings is 1. The first-order valence-electron chi connectivity index (χ1n) is 8.88. The van der Waals surface area contributed by atoms with Gasteiger partial charge in [-0.15, -0.1) is 0 Å². The van der Waals surface area contributed by atoms with Crippen molar-refractivity contribution in [3.8, 4) is 0 Å². The van der Waals surface area contributed by atoms with Crippen LogP contribution in [0.15, 0.2) is 24.3 Å². The summed E-state index contributed by atoms with van der Waals surface area (Å²) in [5.41, 5.74) is 7.24. The molecule has 25 heavy (non-hydrogen) atoms. The molecule has 2 rings (SSSR count). The second kappa shape index (κ2) is 8.79. The molecule has 1 aromatic heterocycles. The zero-order valence-corrected chi connectivity index (χ0v) is 16.9. The van der Waals surface area contributed by atoms with Gasteiger partial charge in [-0.05, 0) is 24.1 Å². The molecule has 0 amide bonds. The summed E-state index contributed by atoms with van der Waals surface area (Å²) in [4.78, 5) is 13.6. The maximum absolute atomic E-state index is 5.80. The highest BCUT2D eigenvalue weighted by molar-refractivity contribution is 5.59. The highest BCUT2D eigenvalue weighted by atomic mass is 15.2. The molecule has 5 nitrogen and oxygen atoms in total. The molecule has 0 aliphatic rings. The van der Waals surface area contributed by atoms with Gasteiger partial charge in [0.05, 0.1) is 0 Å². The number of aromatic nitrogens is 3. The van der Waals surface area contributed by atoms with Crippen LogP contribution in [0.4, 0.5) is 17.3 Å². The SMILES string of the molecule is CC(C)C.CC(C)c1nc(Nc2cccc(N)c2)nc(C(C)(C)C)n1. The van der Waals surface area contributed by atoms with Crippen molar-refractivity contribution >= 4 is 17.3 Å². The summed E-state index contributed by atoms with van der Waals surface area (Å²) in [6.45, 7) is 16.9. The minimum atomic E-state index is -0.126. The third-order valence-corrected chi connectivity index (χ3v) is 2.98. The number of hydrogen-bond acceptors (Lipinski definition) is 5. The monoisotopic (exact) mass is 343 g/mol. The molecule has 0 spiro atoms. The van der Waals surface area contributed by atoms with Gasteiger partial charge in [0.25, 0.3) is 0 Å². The predicted octanol–water partition coefficient (Wildman–Crippen LogP) is 5.28. The van der Waals surface area contributed by atoms with Crippen LogP contribution in [0.25, 0.3) is 0 Å². The number of nitrogens with one attached hydrogen (secondary N) is 1. The first-order valence-corrected chi connectivity index (χ1v) is 8.88. The molecule has 1 aromatic carbocycles. The van der Waals surface area contributed by atoms with E-state index in [1.807, 2.05) is 24.3 Å². The van der Waals surface area contributed by atoms with Crippen LogP contribution in [0.3, 0.4) is 0 Å². The number of nitrogens with two attached hydrogens (primary N) is 1. The number of hydrogen-bond donors (Lipinski definition) is 2. The molecule has 0 atom stereocenters. The summed E-state index contributed by atoms with van der Waals surface area (Å²) in [6.07, 6.45) is 0. The van der Waals surface area contributed by atoms with Gasteiger partial charge in [-0.3, -0.25) is 0 Å². The molecule has 0 unspecified atom stereocenters. The fraction of sp³-hybridized carbons (Fsp3) is 0.550. The zero-order chi connectivity index (χ0) is 19.2. The van der Waals surface area contributed by atoms with Crippen LogP contribution in [0.5, 0.6) is 0 Å². The second-order valence-electron chi connectivity index (χ2n) is 8.23. The van der Waals surface area contributed by atoms with Crippen molar-refractivity contribution in [2.75, 3.05) is 11.1 Å². The van der Waals surface area contributed by atoms with Crippen LogP contribution in [-0.4, -0.2) is 15.0 Å². The lowest BCUT2D eigenvalue weighted by Crippen LogP contribution is -2.19. The van der Waals surface area contributed by atoms with E-state index in [2.05, 4.69) is 75.7 Å². The van der Waals surface area contributed by atoms with Crippen molar-refractivity contribution in [3.05, 3.63) is 35.9 Å². The lowest BCUT2D eigenvalue weighted by atomic mass is 9.95. The zero-order valence-electron chi connectivity index (χ0n) is 16.9. The van der Waals surface area contributed by atoms with Gasteiger partial charge >= 0.3 is 0 Å². The Balaban J connectivity index is 0.000000705. The Kier molecular flexibility index (Phi) is 7.34. The molecule has 2 aromatic rings. The Bertz CT molecular complexity index is 669. The van der Waals surface area contributed by atoms with Crippen LogP contribution in [0.2, 0.25) is 0 Å². The van der Waals surface area contributed by atoms with Gasteiger partial charge in [-0.2, -0.15) is 9.97 Å². The van der Waals surface area contributed by atoms with Crippen molar-refractivity contribution in [2.24, 2.45) is 5.92 Å². The van der Waals surface area contributed by atoms with Gasteiger partial charge in [-0.1, -0.05) is 61.5 Å². The Labute approximate surface area is 152 Å². The predicted molar refractivity (Wildman–Crippen MR) is 107 cm³/mol. The molecule has 0 bridgehead atoms. The smallest absolute Gasteiger partial charge is 0.230 e. The van der Waals surface area contributed by atoms with Crippen LogP contribution in [0.1, 0.15) is 73.0 Å². The molecule has 0 saturated heterocycles. The van der Waals surface area contributed by atoms with E-state index in [4.69, 9.17) is 5.73 Å². The first kappa shape index (κ1) is 20.9. The second-order valence-corrected chi connectivity index (χ2v) is 8.23. The van der Waals surface area contributed by atoms with Crippen LogP contribution >= 0.6 is 0 Å². The van der Waals surface area contributed by atoms with Gasteiger partial charge in [-0.25, -0.2) is 4.98 Å². The normalized spacial score (nSPS) is 11.3. The van der Waals surface area contributed by atoms with Crippen molar-refractivity contribution in [2.45, 2.75) is 66.7 Å². The molecular weight excluding hydrogens is 310 g/mol. The van der Waals surface area contributed by atoms with E-state index in [0.29, 0.717) is 11.6 Å². The molecule has 1 heterocycles. The van der Waals surface area contributed by atoms with Gasteiger partial charge in [0, 0.05) is 22.7 Å². The van der Waals surface area contributed by atoms with Gasteiger partial charge in [0.15, 0.2) is 0 Å². The molecule has 5 heteroatoms. The number of nitrogens with zero attached hydrogens (tertiary/aromatic N) is 3. The van der Waals surface area contributed by atoms with Crippen LogP contribution in [0, 0.1) is 5.92 Å². The molecule has 0 radical (unpaired) electrons. The number of rotatable bonds is 3. The van der Waals surface area contributed by atoms with Crippen molar-refractivity contribution in [1.82, 2.24) is 15.0 Å². The Morgan fingerprint density at radius 2 is 1.56 bits per heavy atom. The van der Waals surface area contributed by atoms with Crippen molar-refractivity contribution in [1.29, 1.82) is 0 Å². The average molecular weight is 344 g/mol. The lowest BCUT2D eigenvalue weighted by molar-refractivity contribution is 0.533. The molecule has 138 valence electrons. The molecule has 0 fully saturated rings. The molecule has 0 aliphatic carbocycles. The Morgan fingerprint density at radius 3 is 2.04 bits per heavy atom. The largest absolute Gasteiger partial charge is 0.399 e. The van der Waals surface area contributed by atoms with E-state index >= 15 is 0 Å². The van der Waals surface area contributed by atoms with Gasteiger partial charge in [0.1, 0.15) is 11.6 Å². The topological polar surface area (TPSA) is 76.7 Å². The quantitative estimate of drug-likeness (QED) is 0.741. The summed E-state index contributed by atoms with van der Waals surface area (Å²) in [6, 6.07) is 7.53. The summed E-state index contributed by atoms with van der Waals surface area (Å²) in [5, 5.41) is 3.21. The standard InChI is InChI=1S/C16H23N5.C4H10/c1-10(2)13-19-14(16(3,4)5)21-15(20-13)18-12-8-6-7-11(17)9-12;1-4(2)3/h6-10H,17H2,1-5H3,(H,18,19,20,21);4H,1-3H3. The minimum absolute atomic E-state index is 0.126. The molecule has 0 saturated carbocycles. The third kappa shape index (κ3) is 7.50. The van der Waals surface area contributed by atoms with Gasteiger partial charge in [0.2, 0.25) is 5.95 Å². The van der Waals surface area contributed by atoms with E-state index in [-0.39, 0.29) is 11.3 Å². The van der Waals surface area contributed by atoms with Crippen LogP contribution < -0.4 is 11.1 Å².